The van der Waals surface area contributed by atoms with E-state index < -0.39 is 0 Å². The first-order valence-electron chi connectivity index (χ1n) is 6.43. The smallest absolute Gasteiger partial charge is 0.257 e. The molecule has 20 heavy (non-hydrogen) atoms. The van der Waals surface area contributed by atoms with E-state index in [4.69, 9.17) is 16.3 Å². The van der Waals surface area contributed by atoms with Gasteiger partial charge in [0, 0.05) is 35.4 Å². The molecule has 0 saturated heterocycles. The van der Waals surface area contributed by atoms with Crippen LogP contribution in [-0.2, 0) is 11.2 Å². The number of carbonyl (C=O) groups excluding carboxylic acids is 1. The van der Waals surface area contributed by atoms with Crippen molar-refractivity contribution in [2.45, 2.75) is 13.3 Å². The Morgan fingerprint density at radius 1 is 1.35 bits per heavy atom. The lowest BCUT2D eigenvalue weighted by Crippen LogP contribution is -2.30. The number of rotatable bonds is 6. The molecule has 0 bridgehead atoms. The number of nitrogens with one attached hydrogen (secondary N) is 2. The van der Waals surface area contributed by atoms with Crippen LogP contribution in [0.25, 0.3) is 0 Å². The maximum Gasteiger partial charge on any atom is 0.257 e. The number of aromatic amines is 1. The van der Waals surface area contributed by atoms with Gasteiger partial charge < -0.3 is 15.0 Å². The predicted molar refractivity (Wildman–Crippen MR) is 79.2 cm³/mol. The van der Waals surface area contributed by atoms with E-state index in [2.05, 4.69) is 10.3 Å². The lowest BCUT2D eigenvalue weighted by Gasteiger charge is -2.10. The summed E-state index contributed by atoms with van der Waals surface area (Å²) in [6, 6.07) is 9.31. The van der Waals surface area contributed by atoms with Gasteiger partial charge >= 0.3 is 0 Å². The Morgan fingerprint density at radius 2 is 2.20 bits per heavy atom. The monoisotopic (exact) mass is 292 g/mol. The molecule has 0 unspecified atom stereocenters. The second-order valence-corrected chi connectivity index (χ2v) is 4.85. The molecular weight excluding hydrogens is 276 g/mol. The topological polar surface area (TPSA) is 54.1 Å². The summed E-state index contributed by atoms with van der Waals surface area (Å²) < 4.78 is 5.46. The molecule has 0 atom stereocenters. The molecular formula is C15H17ClN2O2. The SMILES string of the molecule is Cc1c(Cl)cccc1OCC(=O)NCCc1ccc[nH]1. The molecule has 1 heterocycles. The predicted octanol–water partition coefficient (Wildman–Crippen LogP) is 2.71. The van der Waals surface area contributed by atoms with Crippen molar-refractivity contribution in [3.05, 3.63) is 52.8 Å². The number of amides is 1. The van der Waals surface area contributed by atoms with Gasteiger partial charge in [0.1, 0.15) is 5.75 Å². The van der Waals surface area contributed by atoms with E-state index in [0.717, 1.165) is 17.7 Å². The van der Waals surface area contributed by atoms with E-state index in [-0.39, 0.29) is 12.5 Å². The number of aromatic nitrogens is 1. The third-order valence-electron chi connectivity index (χ3n) is 2.96. The lowest BCUT2D eigenvalue weighted by molar-refractivity contribution is -0.123. The summed E-state index contributed by atoms with van der Waals surface area (Å²) in [5.41, 5.74) is 1.94. The van der Waals surface area contributed by atoms with Crippen molar-refractivity contribution in [1.82, 2.24) is 10.3 Å². The third kappa shape index (κ3) is 4.03. The highest BCUT2D eigenvalue weighted by Crippen LogP contribution is 2.24. The summed E-state index contributed by atoms with van der Waals surface area (Å²) in [5.74, 6) is 0.493. The van der Waals surface area contributed by atoms with Crippen LogP contribution in [0.3, 0.4) is 0 Å². The number of benzene rings is 1. The van der Waals surface area contributed by atoms with E-state index in [0.29, 0.717) is 17.3 Å². The highest BCUT2D eigenvalue weighted by atomic mass is 35.5. The Labute approximate surface area is 123 Å². The summed E-state index contributed by atoms with van der Waals surface area (Å²) in [7, 11) is 0. The van der Waals surface area contributed by atoms with E-state index in [9.17, 15) is 4.79 Å². The van der Waals surface area contributed by atoms with Gasteiger partial charge in [-0.15, -0.1) is 0 Å². The van der Waals surface area contributed by atoms with Gasteiger partial charge in [-0.25, -0.2) is 0 Å². The first kappa shape index (κ1) is 14.5. The van der Waals surface area contributed by atoms with E-state index >= 15 is 0 Å². The molecule has 106 valence electrons. The van der Waals surface area contributed by atoms with Crippen molar-refractivity contribution < 1.29 is 9.53 Å². The average Bonchev–Trinajstić information content (AvgIpc) is 2.94. The van der Waals surface area contributed by atoms with Gasteiger partial charge in [0.25, 0.3) is 5.91 Å². The molecule has 5 heteroatoms. The second kappa shape index (κ2) is 7.01. The van der Waals surface area contributed by atoms with Gasteiger partial charge in [-0.3, -0.25) is 4.79 Å². The molecule has 2 rings (SSSR count). The minimum absolute atomic E-state index is 0.00803. The number of halogens is 1. The zero-order chi connectivity index (χ0) is 14.4. The Bertz CT molecular complexity index is 567. The standard InChI is InChI=1S/C15H17ClN2O2/c1-11-13(16)5-2-6-14(11)20-10-15(19)18-9-7-12-4-3-8-17-12/h2-6,8,17H,7,9-10H2,1H3,(H,18,19). The molecule has 4 nitrogen and oxygen atoms in total. The van der Waals surface area contributed by atoms with E-state index in [1.807, 2.05) is 25.3 Å². The number of H-pyrrole nitrogens is 1. The summed E-state index contributed by atoms with van der Waals surface area (Å²) in [6.45, 7) is 2.43. The van der Waals surface area contributed by atoms with Crippen LogP contribution in [0.2, 0.25) is 5.02 Å². The van der Waals surface area contributed by atoms with Crippen LogP contribution in [0.1, 0.15) is 11.3 Å². The summed E-state index contributed by atoms with van der Waals surface area (Å²) >= 11 is 5.99. The fourth-order valence-electron chi connectivity index (χ4n) is 1.80. The first-order valence-corrected chi connectivity index (χ1v) is 6.81. The van der Waals surface area contributed by atoms with Gasteiger partial charge in [-0.2, -0.15) is 0 Å². The normalized spacial score (nSPS) is 10.3. The highest BCUT2D eigenvalue weighted by molar-refractivity contribution is 6.31. The summed E-state index contributed by atoms with van der Waals surface area (Å²) in [4.78, 5) is 14.7. The first-order chi connectivity index (χ1) is 9.66. The maximum atomic E-state index is 11.7. The van der Waals surface area contributed by atoms with Crippen molar-refractivity contribution in [2.75, 3.05) is 13.2 Å². The second-order valence-electron chi connectivity index (χ2n) is 4.45. The largest absolute Gasteiger partial charge is 0.483 e. The molecule has 0 radical (unpaired) electrons. The van der Waals surface area contributed by atoms with Crippen molar-refractivity contribution in [3.63, 3.8) is 0 Å². The molecule has 0 saturated carbocycles. The Hall–Kier alpha value is -1.94. The minimum atomic E-state index is -0.143. The molecule has 1 aromatic carbocycles. The molecule has 0 aliphatic heterocycles. The van der Waals surface area contributed by atoms with Crippen molar-refractivity contribution in [1.29, 1.82) is 0 Å². The van der Waals surface area contributed by atoms with Crippen molar-refractivity contribution >= 4 is 17.5 Å². The molecule has 0 fully saturated rings. The molecule has 1 amide bonds. The molecule has 2 aromatic rings. The quantitative estimate of drug-likeness (QED) is 0.860. The zero-order valence-corrected chi connectivity index (χ0v) is 12.0. The van der Waals surface area contributed by atoms with E-state index in [1.165, 1.54) is 0 Å². The summed E-state index contributed by atoms with van der Waals surface area (Å²) in [5, 5.41) is 3.44. The fraction of sp³-hybridized carbons (Fsp3) is 0.267. The third-order valence-corrected chi connectivity index (χ3v) is 3.37. The van der Waals surface area contributed by atoms with Crippen molar-refractivity contribution in [3.8, 4) is 5.75 Å². The Balaban J connectivity index is 1.73. The Kier molecular flexibility index (Phi) is 5.07. The van der Waals surface area contributed by atoms with Gasteiger partial charge in [0.05, 0.1) is 0 Å². The molecule has 0 aliphatic rings. The summed E-state index contributed by atoms with van der Waals surface area (Å²) in [6.07, 6.45) is 2.64. The number of hydrogen-bond donors (Lipinski definition) is 2. The van der Waals surface area contributed by atoms with Gasteiger partial charge in [-0.05, 0) is 31.2 Å². The highest BCUT2D eigenvalue weighted by Gasteiger charge is 2.06. The number of ether oxygens (including phenoxy) is 1. The zero-order valence-electron chi connectivity index (χ0n) is 11.3. The van der Waals surface area contributed by atoms with Crippen LogP contribution in [0.4, 0.5) is 0 Å². The van der Waals surface area contributed by atoms with Crippen LogP contribution < -0.4 is 10.1 Å². The minimum Gasteiger partial charge on any atom is -0.483 e. The molecule has 0 aliphatic carbocycles. The van der Waals surface area contributed by atoms with Gasteiger partial charge in [0.2, 0.25) is 0 Å². The van der Waals surface area contributed by atoms with E-state index in [1.54, 1.807) is 18.2 Å². The van der Waals surface area contributed by atoms with Crippen LogP contribution >= 0.6 is 11.6 Å². The van der Waals surface area contributed by atoms with Gasteiger partial charge in [0.15, 0.2) is 6.61 Å². The maximum absolute atomic E-state index is 11.7. The number of hydrogen-bond acceptors (Lipinski definition) is 2. The molecule has 0 spiro atoms. The van der Waals surface area contributed by atoms with Crippen LogP contribution in [0, 0.1) is 6.92 Å². The lowest BCUT2D eigenvalue weighted by atomic mass is 10.2. The Morgan fingerprint density at radius 3 is 2.95 bits per heavy atom. The molecule has 2 N–H and O–H groups in total. The molecule has 1 aromatic heterocycles. The van der Waals surface area contributed by atoms with Gasteiger partial charge in [-0.1, -0.05) is 17.7 Å². The average molecular weight is 293 g/mol. The van der Waals surface area contributed by atoms with Crippen LogP contribution in [0.5, 0.6) is 5.75 Å². The number of carbonyl (C=O) groups is 1. The van der Waals surface area contributed by atoms with Crippen molar-refractivity contribution in [2.24, 2.45) is 0 Å². The van der Waals surface area contributed by atoms with Crippen LogP contribution in [0.15, 0.2) is 36.5 Å². The fourth-order valence-corrected chi connectivity index (χ4v) is 1.96. The van der Waals surface area contributed by atoms with Crippen LogP contribution in [-0.4, -0.2) is 24.0 Å².